The molecule has 22 heavy (non-hydrogen) atoms. The summed E-state index contributed by atoms with van der Waals surface area (Å²) in [5.41, 5.74) is 1.44. The Bertz CT molecular complexity index is 675. The van der Waals surface area contributed by atoms with Crippen LogP contribution in [0.2, 0.25) is 0 Å². The molecule has 1 saturated heterocycles. The third-order valence-corrected chi connectivity index (χ3v) is 3.82. The molecule has 1 aliphatic rings. The van der Waals surface area contributed by atoms with Crippen LogP contribution in [0.15, 0.2) is 6.33 Å². The van der Waals surface area contributed by atoms with Gasteiger partial charge in [-0.25, -0.2) is 14.6 Å². The van der Waals surface area contributed by atoms with E-state index in [2.05, 4.69) is 44.3 Å². The Labute approximate surface area is 128 Å². The summed E-state index contributed by atoms with van der Waals surface area (Å²) < 4.78 is 1.74. The van der Waals surface area contributed by atoms with Crippen LogP contribution in [0.25, 0.3) is 11.2 Å². The van der Waals surface area contributed by atoms with Crippen molar-refractivity contribution in [1.82, 2.24) is 30.3 Å². The van der Waals surface area contributed by atoms with Crippen LogP contribution in [0.3, 0.4) is 0 Å². The maximum Gasteiger partial charge on any atom is 0.226 e. The molecule has 2 aromatic heterocycles. The molecule has 0 unspecified atom stereocenters. The average molecular weight is 303 g/mol. The van der Waals surface area contributed by atoms with Crippen molar-refractivity contribution in [2.75, 3.05) is 24.5 Å². The molecular weight excluding hydrogens is 282 g/mol. The van der Waals surface area contributed by atoms with Gasteiger partial charge in [-0.2, -0.15) is 0 Å². The van der Waals surface area contributed by atoms with Gasteiger partial charge >= 0.3 is 0 Å². The first-order valence-electron chi connectivity index (χ1n) is 7.67. The molecule has 118 valence electrons. The van der Waals surface area contributed by atoms with Crippen LogP contribution >= 0.6 is 0 Å². The zero-order chi connectivity index (χ0) is 15.7. The first kappa shape index (κ1) is 14.7. The molecule has 0 atom stereocenters. The predicted molar refractivity (Wildman–Crippen MR) is 82.3 cm³/mol. The molecule has 0 bridgehead atoms. The number of rotatable bonds is 5. The van der Waals surface area contributed by atoms with Gasteiger partial charge in [-0.05, 0) is 12.8 Å². The van der Waals surface area contributed by atoms with Crippen molar-refractivity contribution in [3.63, 3.8) is 0 Å². The molecule has 8 heteroatoms. The first-order chi connectivity index (χ1) is 10.6. The van der Waals surface area contributed by atoms with Crippen molar-refractivity contribution < 1.29 is 4.79 Å². The van der Waals surface area contributed by atoms with Crippen LogP contribution in [-0.2, 0) is 11.3 Å². The van der Waals surface area contributed by atoms with E-state index in [1.54, 1.807) is 4.68 Å². The quantitative estimate of drug-likeness (QED) is 0.862. The van der Waals surface area contributed by atoms with E-state index in [1.807, 2.05) is 6.92 Å². The van der Waals surface area contributed by atoms with E-state index in [0.717, 1.165) is 18.0 Å². The predicted octanol–water partition coefficient (Wildman–Crippen LogP) is 0.450. The lowest BCUT2D eigenvalue weighted by Crippen LogP contribution is -2.54. The van der Waals surface area contributed by atoms with Gasteiger partial charge in [0.15, 0.2) is 17.0 Å². The SMILES string of the molecule is CCn1nnc2c(N3CC(C(=O)NCC(C)C)C3)ncnc21. The minimum absolute atomic E-state index is 0.0185. The number of carbonyl (C=O) groups is 1. The summed E-state index contributed by atoms with van der Waals surface area (Å²) in [4.78, 5) is 22.6. The van der Waals surface area contributed by atoms with Crippen molar-refractivity contribution in [2.45, 2.75) is 27.3 Å². The highest BCUT2D eigenvalue weighted by Gasteiger charge is 2.35. The van der Waals surface area contributed by atoms with Crippen molar-refractivity contribution >= 4 is 22.9 Å². The van der Waals surface area contributed by atoms with E-state index < -0.39 is 0 Å². The van der Waals surface area contributed by atoms with Gasteiger partial charge in [-0.15, -0.1) is 5.10 Å². The zero-order valence-electron chi connectivity index (χ0n) is 13.2. The Morgan fingerprint density at radius 1 is 1.41 bits per heavy atom. The van der Waals surface area contributed by atoms with Gasteiger partial charge in [-0.3, -0.25) is 4.79 Å². The van der Waals surface area contributed by atoms with Gasteiger partial charge in [0.2, 0.25) is 5.91 Å². The summed E-state index contributed by atoms with van der Waals surface area (Å²) in [5.74, 6) is 1.36. The number of carbonyl (C=O) groups excluding carboxylic acids is 1. The van der Waals surface area contributed by atoms with Gasteiger partial charge in [0.1, 0.15) is 6.33 Å². The Morgan fingerprint density at radius 3 is 2.86 bits per heavy atom. The molecule has 2 aromatic rings. The average Bonchev–Trinajstić information content (AvgIpc) is 2.87. The van der Waals surface area contributed by atoms with Gasteiger partial charge < -0.3 is 10.2 Å². The van der Waals surface area contributed by atoms with Crippen molar-refractivity contribution in [3.05, 3.63) is 6.33 Å². The second-order valence-corrected chi connectivity index (χ2v) is 6.02. The first-order valence-corrected chi connectivity index (χ1v) is 7.67. The summed E-state index contributed by atoms with van der Waals surface area (Å²) in [6.45, 7) is 8.92. The summed E-state index contributed by atoms with van der Waals surface area (Å²) in [6, 6.07) is 0. The lowest BCUT2D eigenvalue weighted by molar-refractivity contribution is -0.125. The summed E-state index contributed by atoms with van der Waals surface area (Å²) in [5, 5.41) is 11.2. The van der Waals surface area contributed by atoms with Crippen LogP contribution in [0.4, 0.5) is 5.82 Å². The number of aromatic nitrogens is 5. The summed E-state index contributed by atoms with van der Waals surface area (Å²) in [7, 11) is 0. The second-order valence-electron chi connectivity index (χ2n) is 6.02. The summed E-state index contributed by atoms with van der Waals surface area (Å²) >= 11 is 0. The number of hydrogen-bond donors (Lipinski definition) is 1. The molecule has 8 nitrogen and oxygen atoms in total. The molecule has 1 aliphatic heterocycles. The highest BCUT2D eigenvalue weighted by Crippen LogP contribution is 2.27. The normalized spacial score (nSPS) is 15.4. The van der Waals surface area contributed by atoms with Gasteiger partial charge in [-0.1, -0.05) is 19.1 Å². The molecule has 3 rings (SSSR count). The minimum Gasteiger partial charge on any atom is -0.355 e. The van der Waals surface area contributed by atoms with E-state index in [-0.39, 0.29) is 11.8 Å². The second kappa shape index (κ2) is 5.86. The Morgan fingerprint density at radius 2 is 2.18 bits per heavy atom. The summed E-state index contributed by atoms with van der Waals surface area (Å²) in [6.07, 6.45) is 1.53. The Kier molecular flexibility index (Phi) is 3.91. The highest BCUT2D eigenvalue weighted by molar-refractivity contribution is 5.86. The molecule has 1 amide bonds. The lowest BCUT2D eigenvalue weighted by atomic mass is 9.99. The fraction of sp³-hybridized carbons (Fsp3) is 0.643. The number of aryl methyl sites for hydroxylation is 1. The molecule has 1 N–H and O–H groups in total. The van der Waals surface area contributed by atoms with Crippen LogP contribution < -0.4 is 10.2 Å². The van der Waals surface area contributed by atoms with Gasteiger partial charge in [0, 0.05) is 26.2 Å². The van der Waals surface area contributed by atoms with Crippen LogP contribution in [0, 0.1) is 11.8 Å². The number of anilines is 1. The minimum atomic E-state index is 0.0185. The third-order valence-electron chi connectivity index (χ3n) is 3.82. The number of nitrogens with zero attached hydrogens (tertiary/aromatic N) is 6. The third kappa shape index (κ3) is 2.60. The number of fused-ring (bicyclic) bond motifs is 1. The van der Waals surface area contributed by atoms with Crippen molar-refractivity contribution in [3.8, 4) is 0 Å². The van der Waals surface area contributed by atoms with E-state index in [1.165, 1.54) is 6.33 Å². The van der Waals surface area contributed by atoms with Crippen LogP contribution in [0.5, 0.6) is 0 Å². The monoisotopic (exact) mass is 303 g/mol. The van der Waals surface area contributed by atoms with E-state index >= 15 is 0 Å². The number of amides is 1. The topological polar surface area (TPSA) is 88.8 Å². The molecule has 0 saturated carbocycles. The maximum atomic E-state index is 12.0. The molecule has 0 spiro atoms. The van der Waals surface area contributed by atoms with Crippen LogP contribution in [0.1, 0.15) is 20.8 Å². The molecule has 1 fully saturated rings. The Hall–Kier alpha value is -2.25. The Balaban J connectivity index is 1.68. The van der Waals surface area contributed by atoms with Gasteiger partial charge in [0.05, 0.1) is 5.92 Å². The fourth-order valence-corrected chi connectivity index (χ4v) is 2.49. The molecule has 0 aliphatic carbocycles. The molecule has 3 heterocycles. The van der Waals surface area contributed by atoms with Crippen molar-refractivity contribution in [2.24, 2.45) is 11.8 Å². The van der Waals surface area contributed by atoms with E-state index in [0.29, 0.717) is 31.1 Å². The molecule has 0 radical (unpaired) electrons. The van der Waals surface area contributed by atoms with Gasteiger partial charge in [0.25, 0.3) is 0 Å². The van der Waals surface area contributed by atoms with E-state index in [4.69, 9.17) is 0 Å². The maximum absolute atomic E-state index is 12.0. The largest absolute Gasteiger partial charge is 0.355 e. The van der Waals surface area contributed by atoms with E-state index in [9.17, 15) is 4.79 Å². The van der Waals surface area contributed by atoms with Crippen molar-refractivity contribution in [1.29, 1.82) is 0 Å². The molecular formula is C14H21N7O. The molecule has 0 aromatic carbocycles. The zero-order valence-corrected chi connectivity index (χ0v) is 13.2. The smallest absolute Gasteiger partial charge is 0.226 e. The standard InChI is InChI=1S/C14H21N7O/c1-4-21-13-11(18-19-21)12(16-8-17-13)20-6-10(7-20)14(22)15-5-9(2)3/h8-10H,4-7H2,1-3H3,(H,15,22). The number of hydrogen-bond acceptors (Lipinski definition) is 6. The lowest BCUT2D eigenvalue weighted by Gasteiger charge is -2.39. The van der Waals surface area contributed by atoms with Crippen LogP contribution in [-0.4, -0.2) is 50.5 Å². The fourth-order valence-electron chi connectivity index (χ4n) is 2.49. The highest BCUT2D eigenvalue weighted by atomic mass is 16.2. The number of nitrogens with one attached hydrogen (secondary N) is 1.